The number of nitrogens with zero attached hydrogens (tertiary/aromatic N) is 1. The van der Waals surface area contributed by atoms with Gasteiger partial charge in [0.15, 0.2) is 0 Å². The molecule has 18 heavy (non-hydrogen) atoms. The number of sulfonamides is 1. The lowest BCUT2D eigenvalue weighted by molar-refractivity contribution is -0.118. The molecule has 0 bridgehead atoms. The summed E-state index contributed by atoms with van der Waals surface area (Å²) >= 11 is 0. The zero-order chi connectivity index (χ0) is 13.2. The van der Waals surface area contributed by atoms with Crippen LogP contribution >= 0.6 is 0 Å². The van der Waals surface area contributed by atoms with Crippen LogP contribution in [0.1, 0.15) is 25.7 Å². The van der Waals surface area contributed by atoms with Gasteiger partial charge in [0, 0.05) is 18.6 Å². The third-order valence-corrected chi connectivity index (χ3v) is 3.73. The Labute approximate surface area is 106 Å². The minimum Gasteiger partial charge on any atom is -0.299 e. The number of Topliss-reactive ketones (excluding diaryl/α,β-unsaturated/α-hetero) is 1. The first-order valence-electron chi connectivity index (χ1n) is 5.67. The van der Waals surface area contributed by atoms with Crippen molar-refractivity contribution in [3.63, 3.8) is 0 Å². The summed E-state index contributed by atoms with van der Waals surface area (Å²) in [4.78, 5) is 15.6. The van der Waals surface area contributed by atoms with E-state index in [2.05, 4.69) is 4.99 Å². The SMILES string of the molecule is NS(=O)(=O)c1ccccc1/N=C1\CCCC(=O)C1. The van der Waals surface area contributed by atoms with E-state index in [1.165, 1.54) is 6.07 Å². The van der Waals surface area contributed by atoms with Crippen LogP contribution < -0.4 is 5.14 Å². The number of carbonyl (C=O) groups excluding carboxylic acids is 1. The second kappa shape index (κ2) is 4.99. The first-order chi connectivity index (χ1) is 8.47. The van der Waals surface area contributed by atoms with E-state index >= 15 is 0 Å². The van der Waals surface area contributed by atoms with Crippen LogP contribution in [0.3, 0.4) is 0 Å². The second-order valence-electron chi connectivity index (χ2n) is 4.26. The fraction of sp³-hybridized carbons (Fsp3) is 0.333. The lowest BCUT2D eigenvalue weighted by atomic mass is 9.97. The van der Waals surface area contributed by atoms with Crippen LogP contribution in [0.15, 0.2) is 34.2 Å². The van der Waals surface area contributed by atoms with E-state index in [0.717, 1.165) is 18.6 Å². The summed E-state index contributed by atoms with van der Waals surface area (Å²) in [6.45, 7) is 0. The second-order valence-corrected chi connectivity index (χ2v) is 5.79. The normalized spacial score (nSPS) is 19.2. The van der Waals surface area contributed by atoms with Crippen molar-refractivity contribution in [1.29, 1.82) is 0 Å². The summed E-state index contributed by atoms with van der Waals surface area (Å²) in [7, 11) is -3.79. The van der Waals surface area contributed by atoms with Crippen molar-refractivity contribution < 1.29 is 13.2 Å². The molecule has 1 aromatic rings. The third-order valence-electron chi connectivity index (χ3n) is 2.77. The molecule has 96 valence electrons. The predicted molar refractivity (Wildman–Crippen MR) is 68.4 cm³/mol. The smallest absolute Gasteiger partial charge is 0.240 e. The molecule has 0 radical (unpaired) electrons. The summed E-state index contributed by atoms with van der Waals surface area (Å²) in [5.74, 6) is 0.146. The number of benzene rings is 1. The molecule has 0 aliphatic heterocycles. The summed E-state index contributed by atoms with van der Waals surface area (Å²) in [5.41, 5.74) is 1.03. The fourth-order valence-electron chi connectivity index (χ4n) is 1.95. The highest BCUT2D eigenvalue weighted by molar-refractivity contribution is 7.89. The van der Waals surface area contributed by atoms with E-state index in [4.69, 9.17) is 5.14 Å². The van der Waals surface area contributed by atoms with Crippen molar-refractivity contribution in [3.05, 3.63) is 24.3 Å². The van der Waals surface area contributed by atoms with Gasteiger partial charge in [0.1, 0.15) is 10.7 Å². The number of nitrogens with two attached hydrogens (primary N) is 1. The molecule has 1 fully saturated rings. The largest absolute Gasteiger partial charge is 0.299 e. The number of carbonyl (C=O) groups is 1. The molecule has 1 saturated carbocycles. The molecule has 0 spiro atoms. The van der Waals surface area contributed by atoms with Crippen LogP contribution in [0.4, 0.5) is 5.69 Å². The highest BCUT2D eigenvalue weighted by Gasteiger charge is 2.17. The van der Waals surface area contributed by atoms with E-state index in [1.54, 1.807) is 18.2 Å². The van der Waals surface area contributed by atoms with Crippen molar-refractivity contribution in [2.45, 2.75) is 30.6 Å². The maximum absolute atomic E-state index is 11.4. The average Bonchev–Trinajstić information content (AvgIpc) is 2.28. The average molecular weight is 266 g/mol. The van der Waals surface area contributed by atoms with Gasteiger partial charge in [-0.1, -0.05) is 12.1 Å². The van der Waals surface area contributed by atoms with Crippen molar-refractivity contribution in [2.24, 2.45) is 10.1 Å². The molecule has 1 aliphatic carbocycles. The summed E-state index contributed by atoms with van der Waals surface area (Å²) in [6.07, 6.45) is 2.38. The van der Waals surface area contributed by atoms with Gasteiger partial charge in [-0.3, -0.25) is 9.79 Å². The van der Waals surface area contributed by atoms with Gasteiger partial charge in [-0.05, 0) is 25.0 Å². The zero-order valence-corrected chi connectivity index (χ0v) is 10.6. The molecule has 0 unspecified atom stereocenters. The van der Waals surface area contributed by atoms with Gasteiger partial charge in [0.25, 0.3) is 0 Å². The molecule has 0 atom stereocenters. The number of para-hydroxylation sites is 1. The van der Waals surface area contributed by atoms with E-state index in [-0.39, 0.29) is 10.7 Å². The number of hydrogen-bond donors (Lipinski definition) is 1. The zero-order valence-electron chi connectivity index (χ0n) is 9.80. The highest BCUT2D eigenvalue weighted by atomic mass is 32.2. The monoisotopic (exact) mass is 266 g/mol. The third kappa shape index (κ3) is 3.02. The van der Waals surface area contributed by atoms with Crippen LogP contribution in [0.5, 0.6) is 0 Å². The number of rotatable bonds is 2. The van der Waals surface area contributed by atoms with Crippen LogP contribution in [0.2, 0.25) is 0 Å². The van der Waals surface area contributed by atoms with Crippen LogP contribution in [-0.2, 0) is 14.8 Å². The van der Waals surface area contributed by atoms with Gasteiger partial charge in [0.05, 0.1) is 5.69 Å². The lowest BCUT2D eigenvalue weighted by Crippen LogP contribution is -2.15. The van der Waals surface area contributed by atoms with Gasteiger partial charge in [0.2, 0.25) is 10.0 Å². The molecule has 0 heterocycles. The number of ketones is 1. The van der Waals surface area contributed by atoms with E-state index in [9.17, 15) is 13.2 Å². The van der Waals surface area contributed by atoms with E-state index < -0.39 is 10.0 Å². The maximum Gasteiger partial charge on any atom is 0.240 e. The topological polar surface area (TPSA) is 89.6 Å². The molecule has 0 amide bonds. The van der Waals surface area contributed by atoms with Crippen LogP contribution in [0.25, 0.3) is 0 Å². The van der Waals surface area contributed by atoms with E-state index in [0.29, 0.717) is 18.5 Å². The Hall–Kier alpha value is -1.53. The quantitative estimate of drug-likeness (QED) is 0.880. The molecular formula is C12H14N2O3S. The van der Waals surface area contributed by atoms with Gasteiger partial charge < -0.3 is 0 Å². The molecule has 0 aromatic heterocycles. The Morgan fingerprint density at radius 1 is 1.17 bits per heavy atom. The van der Waals surface area contributed by atoms with Crippen molar-refractivity contribution in [3.8, 4) is 0 Å². The Kier molecular flexibility index (Phi) is 3.58. The van der Waals surface area contributed by atoms with Gasteiger partial charge in [-0.15, -0.1) is 0 Å². The molecule has 5 nitrogen and oxygen atoms in total. The predicted octanol–water partition coefficient (Wildman–Crippen LogP) is 1.55. The Bertz CT molecular complexity index is 606. The molecule has 6 heteroatoms. The minimum atomic E-state index is -3.79. The Balaban J connectivity index is 2.40. The Morgan fingerprint density at radius 3 is 2.56 bits per heavy atom. The van der Waals surface area contributed by atoms with Crippen LogP contribution in [-0.4, -0.2) is 19.9 Å². The Morgan fingerprint density at radius 2 is 1.89 bits per heavy atom. The van der Waals surface area contributed by atoms with Crippen molar-refractivity contribution >= 4 is 27.2 Å². The standard InChI is InChI=1S/C12H14N2O3S/c13-18(16,17)12-7-2-1-6-11(12)14-9-4-3-5-10(15)8-9/h1-2,6-7H,3-5,8H2,(H2,13,16,17)/b14-9+. The minimum absolute atomic E-state index is 0.00415. The van der Waals surface area contributed by atoms with Gasteiger partial charge >= 0.3 is 0 Å². The van der Waals surface area contributed by atoms with Crippen molar-refractivity contribution in [1.82, 2.24) is 0 Å². The first-order valence-corrected chi connectivity index (χ1v) is 7.21. The van der Waals surface area contributed by atoms with E-state index in [1.807, 2.05) is 0 Å². The number of aliphatic imine (C=N–C) groups is 1. The summed E-state index contributed by atoms with van der Waals surface area (Å²) < 4.78 is 22.8. The summed E-state index contributed by atoms with van der Waals surface area (Å²) in [5, 5.41) is 5.13. The van der Waals surface area contributed by atoms with Crippen molar-refractivity contribution in [2.75, 3.05) is 0 Å². The molecule has 0 saturated heterocycles. The molecular weight excluding hydrogens is 252 g/mol. The highest BCUT2D eigenvalue weighted by Crippen LogP contribution is 2.25. The molecule has 2 N–H and O–H groups in total. The fourth-order valence-corrected chi connectivity index (χ4v) is 2.62. The molecule has 2 rings (SSSR count). The molecule has 1 aromatic carbocycles. The number of hydrogen-bond acceptors (Lipinski definition) is 4. The summed E-state index contributed by atoms with van der Waals surface area (Å²) in [6, 6.07) is 6.29. The number of primary sulfonamides is 1. The van der Waals surface area contributed by atoms with Gasteiger partial charge in [-0.2, -0.15) is 0 Å². The maximum atomic E-state index is 11.4. The lowest BCUT2D eigenvalue weighted by Gasteiger charge is -2.12. The first kappa shape index (κ1) is 12.9. The van der Waals surface area contributed by atoms with Crippen LogP contribution in [0, 0.1) is 0 Å². The molecule has 1 aliphatic rings. The van der Waals surface area contributed by atoms with Gasteiger partial charge in [-0.25, -0.2) is 13.6 Å².